The number of ether oxygens (including phenoxy) is 2. The summed E-state index contributed by atoms with van der Waals surface area (Å²) >= 11 is 0. The van der Waals surface area contributed by atoms with Gasteiger partial charge < -0.3 is 29.7 Å². The highest BCUT2D eigenvalue weighted by Crippen LogP contribution is 2.48. The molecule has 1 fully saturated rings. The number of nitrogen functional groups attached to an aromatic ring is 1. The molecule has 1 aromatic carbocycles. The predicted molar refractivity (Wildman–Crippen MR) is 139 cm³/mol. The van der Waals surface area contributed by atoms with Gasteiger partial charge in [-0.25, -0.2) is 13.9 Å². The van der Waals surface area contributed by atoms with Crippen LogP contribution in [-0.4, -0.2) is 82.3 Å². The Hall–Kier alpha value is -3.36. The van der Waals surface area contributed by atoms with Gasteiger partial charge in [0.1, 0.15) is 24.0 Å². The first kappa shape index (κ1) is 28.6. The number of benzene rings is 1. The van der Waals surface area contributed by atoms with Crippen LogP contribution in [-0.2, 0) is 23.4 Å². The van der Waals surface area contributed by atoms with Gasteiger partial charge in [-0.15, -0.1) is 0 Å². The number of aliphatic hydroxyl groups is 1. The summed E-state index contributed by atoms with van der Waals surface area (Å²) < 4.78 is 52.5. The van der Waals surface area contributed by atoms with Gasteiger partial charge in [0.2, 0.25) is 5.95 Å². The number of nitrogens with zero attached hydrogens (tertiary/aromatic N) is 5. The zero-order valence-electron chi connectivity index (χ0n) is 22.0. The highest BCUT2D eigenvalue weighted by molar-refractivity contribution is 7.52. The number of nitrogens with one attached hydrogen (secondary N) is 1. The molecule has 0 amide bonds. The topological polar surface area (TPSA) is 176 Å². The molecule has 2 aromatic heterocycles. The van der Waals surface area contributed by atoms with Crippen molar-refractivity contribution in [1.82, 2.24) is 24.6 Å². The summed E-state index contributed by atoms with van der Waals surface area (Å²) in [7, 11) is 0.409. The number of hydrogen-bond donors (Lipinski definition) is 3. The number of methoxy groups -OCH3 is 1. The van der Waals surface area contributed by atoms with Crippen LogP contribution in [0.1, 0.15) is 20.1 Å². The monoisotopic (exact) mass is 567 g/mol. The Morgan fingerprint density at radius 3 is 2.69 bits per heavy atom. The van der Waals surface area contributed by atoms with E-state index in [1.54, 1.807) is 37.2 Å². The van der Waals surface area contributed by atoms with Crippen molar-refractivity contribution < 1.29 is 37.4 Å². The van der Waals surface area contributed by atoms with Crippen LogP contribution in [0.2, 0.25) is 0 Å². The van der Waals surface area contributed by atoms with E-state index in [1.807, 2.05) is 0 Å². The summed E-state index contributed by atoms with van der Waals surface area (Å²) in [6.07, 6.45) is -3.09. The highest BCUT2D eigenvalue weighted by atomic mass is 31.2. The molecule has 4 rings (SSSR count). The fourth-order valence-corrected chi connectivity index (χ4v) is 5.60. The number of para-hydroxylation sites is 1. The molecule has 14 nitrogen and oxygen atoms in total. The second-order valence-corrected chi connectivity index (χ2v) is 11.0. The normalized spacial score (nSPS) is 25.3. The molecule has 212 valence electrons. The predicted octanol–water partition coefficient (Wildman–Crippen LogP) is 1.82. The fourth-order valence-electron chi connectivity index (χ4n) is 4.10. The van der Waals surface area contributed by atoms with Gasteiger partial charge in [0.15, 0.2) is 28.9 Å². The first-order valence-electron chi connectivity index (χ1n) is 11.9. The third-order valence-corrected chi connectivity index (χ3v) is 7.74. The standard InChI is InChI=1S/C23H31FN7O7P/c1-13(20(33)35-5)29-39(34,38-14-9-7-6-8-10-14)36-11-15-17(32)23(2,24)21(37-15)31-12-26-16-18(30(3)4)27-22(25)28-19(16)31/h6-10,12-13,15,17,21,32H,11H2,1-5H3,(H,29,34)(H2,25,27,28)/t13-,15+,17+,21+,23+,39+/m0/s1. The van der Waals surface area contributed by atoms with E-state index in [1.165, 1.54) is 37.1 Å². The maximum Gasteiger partial charge on any atom is 0.459 e. The van der Waals surface area contributed by atoms with E-state index < -0.39 is 50.5 Å². The van der Waals surface area contributed by atoms with Gasteiger partial charge in [-0.05, 0) is 26.0 Å². The van der Waals surface area contributed by atoms with Crippen molar-refractivity contribution in [2.75, 3.05) is 38.4 Å². The summed E-state index contributed by atoms with van der Waals surface area (Å²) in [6.45, 7) is 2.00. The van der Waals surface area contributed by atoms with Crippen LogP contribution in [0.3, 0.4) is 0 Å². The van der Waals surface area contributed by atoms with Crippen molar-refractivity contribution >= 4 is 36.6 Å². The van der Waals surface area contributed by atoms with Crippen molar-refractivity contribution in [3.63, 3.8) is 0 Å². The first-order valence-corrected chi connectivity index (χ1v) is 13.4. The van der Waals surface area contributed by atoms with Crippen LogP contribution in [0.15, 0.2) is 36.7 Å². The second-order valence-electron chi connectivity index (χ2n) is 9.32. The molecule has 0 aliphatic carbocycles. The van der Waals surface area contributed by atoms with Crippen molar-refractivity contribution in [3.05, 3.63) is 36.7 Å². The van der Waals surface area contributed by atoms with Gasteiger partial charge in [-0.2, -0.15) is 15.1 Å². The van der Waals surface area contributed by atoms with Gasteiger partial charge in [0, 0.05) is 14.1 Å². The first-order chi connectivity index (χ1) is 18.4. The molecule has 0 saturated carbocycles. The van der Waals surface area contributed by atoms with E-state index in [9.17, 15) is 14.5 Å². The Morgan fingerprint density at radius 1 is 1.36 bits per heavy atom. The number of alkyl halides is 1. The number of aliphatic hydroxyl groups excluding tert-OH is 1. The average Bonchev–Trinajstić information content (AvgIpc) is 3.39. The Kier molecular flexibility index (Phi) is 8.09. The third-order valence-electron chi connectivity index (χ3n) is 6.10. The molecule has 1 saturated heterocycles. The third kappa shape index (κ3) is 5.82. The molecule has 0 radical (unpaired) electrons. The minimum Gasteiger partial charge on any atom is -0.468 e. The number of nitrogens with two attached hydrogens (primary N) is 1. The lowest BCUT2D eigenvalue weighted by atomic mass is 9.98. The fraction of sp³-hybridized carbons (Fsp3) is 0.478. The van der Waals surface area contributed by atoms with Crippen molar-refractivity contribution in [1.29, 1.82) is 0 Å². The van der Waals surface area contributed by atoms with E-state index in [4.69, 9.17) is 19.5 Å². The van der Waals surface area contributed by atoms with E-state index >= 15 is 4.39 Å². The second kappa shape index (κ2) is 11.0. The van der Waals surface area contributed by atoms with Crippen LogP contribution >= 0.6 is 7.75 Å². The smallest absolute Gasteiger partial charge is 0.459 e. The number of anilines is 2. The SMILES string of the molecule is COC(=O)[C@H](C)N[P@@](=O)(OC[C@H]1O[C@@H](n2cnc3c(N(C)C)nc(N)nc32)[C@](C)(F)[C@@H]1O)Oc1ccccc1. The molecule has 4 N–H and O–H groups in total. The molecule has 39 heavy (non-hydrogen) atoms. The Morgan fingerprint density at radius 2 is 2.05 bits per heavy atom. The molecular weight excluding hydrogens is 536 g/mol. The molecule has 16 heteroatoms. The average molecular weight is 568 g/mol. The zero-order valence-corrected chi connectivity index (χ0v) is 22.9. The van der Waals surface area contributed by atoms with Gasteiger partial charge in [0.05, 0.1) is 20.0 Å². The molecular formula is C23H31FN7O7P. The van der Waals surface area contributed by atoms with Crippen molar-refractivity contribution in [2.24, 2.45) is 0 Å². The van der Waals surface area contributed by atoms with Crippen LogP contribution in [0, 0.1) is 0 Å². The number of rotatable bonds is 10. The molecule has 6 atom stereocenters. The van der Waals surface area contributed by atoms with Gasteiger partial charge in [-0.1, -0.05) is 18.2 Å². The molecule has 0 bridgehead atoms. The summed E-state index contributed by atoms with van der Waals surface area (Å²) in [4.78, 5) is 26.3. The highest BCUT2D eigenvalue weighted by Gasteiger charge is 2.56. The lowest BCUT2D eigenvalue weighted by Crippen LogP contribution is -2.41. The van der Waals surface area contributed by atoms with Crippen LogP contribution < -0.4 is 20.2 Å². The van der Waals surface area contributed by atoms with Gasteiger partial charge in [-0.3, -0.25) is 13.9 Å². The number of aromatic nitrogens is 4. The molecule has 3 aromatic rings. The number of esters is 1. The van der Waals surface area contributed by atoms with Gasteiger partial charge in [0.25, 0.3) is 0 Å². The summed E-state index contributed by atoms with van der Waals surface area (Å²) in [5.74, 6) is -0.170. The number of carbonyl (C=O) groups is 1. The minimum atomic E-state index is -4.25. The Balaban J connectivity index is 1.59. The lowest BCUT2D eigenvalue weighted by Gasteiger charge is -2.25. The van der Waals surface area contributed by atoms with Crippen LogP contribution in [0.4, 0.5) is 16.2 Å². The van der Waals surface area contributed by atoms with E-state index in [0.29, 0.717) is 11.3 Å². The quantitative estimate of drug-likeness (QED) is 0.239. The molecule has 1 aliphatic heterocycles. The molecule has 0 unspecified atom stereocenters. The lowest BCUT2D eigenvalue weighted by molar-refractivity contribution is -0.142. The van der Waals surface area contributed by atoms with Crippen molar-refractivity contribution in [2.45, 2.75) is 44.0 Å². The maximum absolute atomic E-state index is 16.0. The largest absolute Gasteiger partial charge is 0.468 e. The zero-order chi connectivity index (χ0) is 28.5. The number of halogens is 1. The van der Waals surface area contributed by atoms with E-state index in [0.717, 1.165) is 6.92 Å². The number of hydrogen-bond acceptors (Lipinski definition) is 12. The minimum absolute atomic E-state index is 0.0586. The Bertz CT molecular complexity index is 1370. The Labute approximate surface area is 223 Å². The van der Waals surface area contributed by atoms with Gasteiger partial charge >= 0.3 is 13.7 Å². The number of fused-ring (bicyclic) bond motifs is 1. The number of carbonyl (C=O) groups excluding carboxylic acids is 1. The van der Waals surface area contributed by atoms with Crippen LogP contribution in [0.5, 0.6) is 5.75 Å². The van der Waals surface area contributed by atoms with Crippen LogP contribution in [0.25, 0.3) is 11.2 Å². The molecule has 1 aliphatic rings. The summed E-state index contributed by atoms with van der Waals surface area (Å²) in [6, 6.07) is 7.03. The van der Waals surface area contributed by atoms with Crippen molar-refractivity contribution in [3.8, 4) is 5.75 Å². The summed E-state index contributed by atoms with van der Waals surface area (Å²) in [5, 5.41) is 13.3. The molecule has 0 spiro atoms. The van der Waals surface area contributed by atoms with E-state index in [-0.39, 0.29) is 17.3 Å². The number of imidazole rings is 1. The maximum atomic E-state index is 16.0. The summed E-state index contributed by atoms with van der Waals surface area (Å²) in [5.41, 5.74) is 4.06. The van der Waals surface area contributed by atoms with E-state index in [2.05, 4.69) is 24.8 Å². The molecule has 3 heterocycles.